The van der Waals surface area contributed by atoms with Gasteiger partial charge < -0.3 is 21.5 Å². The number of hydrogen-bond acceptors (Lipinski definition) is 4. The highest BCUT2D eigenvalue weighted by molar-refractivity contribution is 5.86. The number of aliphatic carboxylic acids is 1. The third-order valence-electron chi connectivity index (χ3n) is 1.64. The van der Waals surface area contributed by atoms with E-state index in [2.05, 4.69) is 10.6 Å². The van der Waals surface area contributed by atoms with E-state index in [-0.39, 0.29) is 11.6 Å². The minimum Gasteiger partial charge on any atom is -0.477 e. The highest BCUT2D eigenvalue weighted by Crippen LogP contribution is 1.91. The maximum absolute atomic E-state index is 11.0. The molecule has 0 rings (SSSR count). The normalized spacial score (nSPS) is 12.4. The van der Waals surface area contributed by atoms with Crippen LogP contribution in [0.3, 0.4) is 0 Å². The van der Waals surface area contributed by atoms with Gasteiger partial charge in [0.15, 0.2) is 0 Å². The van der Waals surface area contributed by atoms with Gasteiger partial charge in [0.25, 0.3) is 0 Å². The molecule has 0 saturated heterocycles. The molecule has 0 heterocycles. The molecule has 6 heteroatoms. The van der Waals surface area contributed by atoms with Crippen molar-refractivity contribution in [3.63, 3.8) is 0 Å². The third-order valence-corrected chi connectivity index (χ3v) is 1.64. The van der Waals surface area contributed by atoms with E-state index >= 15 is 0 Å². The predicted molar refractivity (Wildman–Crippen MR) is 59.0 cm³/mol. The number of carbonyl (C=O) groups is 2. The van der Waals surface area contributed by atoms with Gasteiger partial charge in [-0.3, -0.25) is 4.79 Å². The van der Waals surface area contributed by atoms with E-state index in [1.807, 2.05) is 6.04 Å². The number of carboxylic acid groups (broad SMARTS) is 1. The van der Waals surface area contributed by atoms with Gasteiger partial charge in [0, 0.05) is 12.6 Å². The van der Waals surface area contributed by atoms with Crippen LogP contribution in [0, 0.1) is 12.5 Å². The predicted octanol–water partition coefficient (Wildman–Crippen LogP) is -1.01. The van der Waals surface area contributed by atoms with Crippen LogP contribution in [-0.4, -0.2) is 29.6 Å². The van der Waals surface area contributed by atoms with E-state index in [1.165, 1.54) is 6.08 Å². The molecule has 0 radical (unpaired) electrons. The Bertz CT molecular complexity index is 329. The SMILES string of the molecule is C#CNC(=CCCNC(=O)C(C)N)C(=O)O. The zero-order chi connectivity index (χ0) is 12.6. The van der Waals surface area contributed by atoms with Crippen molar-refractivity contribution in [2.45, 2.75) is 19.4 Å². The molecular weight excluding hydrogens is 210 g/mol. The highest BCUT2D eigenvalue weighted by Gasteiger charge is 2.06. The first-order valence-electron chi connectivity index (χ1n) is 4.67. The first kappa shape index (κ1) is 14.0. The largest absolute Gasteiger partial charge is 0.477 e. The molecule has 0 aromatic rings. The lowest BCUT2D eigenvalue weighted by atomic mass is 10.3. The summed E-state index contributed by atoms with van der Waals surface area (Å²) in [7, 11) is 0. The molecule has 0 aliphatic heterocycles. The molecule has 0 aliphatic carbocycles. The lowest BCUT2D eigenvalue weighted by molar-refractivity contribution is -0.133. The Labute approximate surface area is 93.9 Å². The van der Waals surface area contributed by atoms with Gasteiger partial charge in [0.05, 0.1) is 6.04 Å². The topological polar surface area (TPSA) is 104 Å². The van der Waals surface area contributed by atoms with Crippen LogP contribution >= 0.6 is 0 Å². The van der Waals surface area contributed by atoms with Gasteiger partial charge >= 0.3 is 5.97 Å². The van der Waals surface area contributed by atoms with Gasteiger partial charge in [-0.15, -0.1) is 0 Å². The molecule has 0 spiro atoms. The monoisotopic (exact) mass is 225 g/mol. The number of carbonyl (C=O) groups excluding carboxylic acids is 1. The van der Waals surface area contributed by atoms with Crippen molar-refractivity contribution < 1.29 is 14.7 Å². The maximum Gasteiger partial charge on any atom is 0.352 e. The second kappa shape index (κ2) is 7.31. The lowest BCUT2D eigenvalue weighted by Crippen LogP contribution is -2.38. The average molecular weight is 225 g/mol. The molecule has 1 atom stereocenters. The van der Waals surface area contributed by atoms with Gasteiger partial charge in [-0.1, -0.05) is 12.5 Å². The van der Waals surface area contributed by atoms with Crippen LogP contribution in [0.1, 0.15) is 13.3 Å². The lowest BCUT2D eigenvalue weighted by Gasteiger charge is -2.06. The summed E-state index contributed by atoms with van der Waals surface area (Å²) in [6.07, 6.45) is 6.66. The van der Waals surface area contributed by atoms with Crippen molar-refractivity contribution >= 4 is 11.9 Å². The maximum atomic E-state index is 11.0. The molecule has 88 valence electrons. The van der Waals surface area contributed by atoms with E-state index in [4.69, 9.17) is 17.3 Å². The Morgan fingerprint density at radius 3 is 2.69 bits per heavy atom. The fourth-order valence-corrected chi connectivity index (χ4v) is 0.842. The number of rotatable bonds is 6. The first-order valence-corrected chi connectivity index (χ1v) is 4.67. The molecule has 16 heavy (non-hydrogen) atoms. The van der Waals surface area contributed by atoms with E-state index < -0.39 is 12.0 Å². The molecule has 0 bridgehead atoms. The van der Waals surface area contributed by atoms with E-state index in [9.17, 15) is 9.59 Å². The number of hydrogen-bond donors (Lipinski definition) is 4. The summed E-state index contributed by atoms with van der Waals surface area (Å²) in [4.78, 5) is 21.6. The van der Waals surface area contributed by atoms with E-state index in [0.29, 0.717) is 13.0 Å². The van der Waals surface area contributed by atoms with Gasteiger partial charge in [0.1, 0.15) is 5.70 Å². The standard InChI is InChI=1S/C10H15N3O3/c1-3-12-8(10(15)16)5-4-6-13-9(14)7(2)11/h1,5,7,12H,4,6,11H2,2H3,(H,13,14)(H,15,16). The van der Waals surface area contributed by atoms with Crippen LogP contribution in [0.4, 0.5) is 0 Å². The smallest absolute Gasteiger partial charge is 0.352 e. The highest BCUT2D eigenvalue weighted by atomic mass is 16.4. The van der Waals surface area contributed by atoms with Crippen LogP contribution in [0.2, 0.25) is 0 Å². The molecule has 6 nitrogen and oxygen atoms in total. The van der Waals surface area contributed by atoms with Crippen molar-refractivity contribution in [1.82, 2.24) is 10.6 Å². The molecule has 1 amide bonds. The van der Waals surface area contributed by atoms with Crippen molar-refractivity contribution in [3.05, 3.63) is 11.8 Å². The molecule has 0 saturated carbocycles. The average Bonchev–Trinajstić information content (AvgIpc) is 2.21. The minimum atomic E-state index is -1.14. The second-order valence-electron chi connectivity index (χ2n) is 3.06. The molecule has 0 aromatic carbocycles. The van der Waals surface area contributed by atoms with E-state index in [0.717, 1.165) is 0 Å². The second-order valence-corrected chi connectivity index (χ2v) is 3.06. The van der Waals surface area contributed by atoms with Crippen molar-refractivity contribution in [2.24, 2.45) is 5.73 Å². The minimum absolute atomic E-state index is 0.0856. The van der Waals surface area contributed by atoms with Crippen LogP contribution in [0.15, 0.2) is 11.8 Å². The third kappa shape index (κ3) is 5.67. The van der Waals surface area contributed by atoms with Crippen molar-refractivity contribution in [3.8, 4) is 12.5 Å². The van der Waals surface area contributed by atoms with Gasteiger partial charge in [0.2, 0.25) is 5.91 Å². The van der Waals surface area contributed by atoms with Crippen LogP contribution in [0.25, 0.3) is 0 Å². The summed E-state index contributed by atoms with van der Waals surface area (Å²) >= 11 is 0. The molecule has 5 N–H and O–H groups in total. The zero-order valence-electron chi connectivity index (χ0n) is 8.99. The Morgan fingerprint density at radius 2 is 2.25 bits per heavy atom. The summed E-state index contributed by atoms with van der Waals surface area (Å²) in [5, 5.41) is 13.4. The quantitative estimate of drug-likeness (QED) is 0.201. The van der Waals surface area contributed by atoms with Crippen LogP contribution in [0.5, 0.6) is 0 Å². The zero-order valence-corrected chi connectivity index (χ0v) is 8.99. The number of nitrogens with two attached hydrogens (primary N) is 1. The summed E-state index contributed by atoms with van der Waals surface area (Å²) in [5.41, 5.74) is 5.23. The molecule has 0 aromatic heterocycles. The number of carboxylic acids is 1. The van der Waals surface area contributed by atoms with E-state index in [1.54, 1.807) is 6.92 Å². The fraction of sp³-hybridized carbons (Fsp3) is 0.400. The van der Waals surface area contributed by atoms with Gasteiger partial charge in [-0.25, -0.2) is 4.79 Å². The van der Waals surface area contributed by atoms with Gasteiger partial charge in [-0.2, -0.15) is 0 Å². The number of terminal acetylenes is 1. The van der Waals surface area contributed by atoms with Crippen molar-refractivity contribution in [2.75, 3.05) is 6.54 Å². The molecule has 1 unspecified atom stereocenters. The summed E-state index contributed by atoms with van der Waals surface area (Å²) < 4.78 is 0. The number of nitrogens with one attached hydrogen (secondary N) is 2. The fourth-order valence-electron chi connectivity index (χ4n) is 0.842. The molecule has 0 fully saturated rings. The molecular formula is C10H15N3O3. The Hall–Kier alpha value is -2.00. The summed E-state index contributed by atoms with van der Waals surface area (Å²) in [6.45, 7) is 1.87. The molecule has 0 aliphatic rings. The first-order chi connectivity index (χ1) is 7.49. The van der Waals surface area contributed by atoms with Crippen LogP contribution in [-0.2, 0) is 9.59 Å². The van der Waals surface area contributed by atoms with Crippen molar-refractivity contribution in [1.29, 1.82) is 0 Å². The summed E-state index contributed by atoms with van der Waals surface area (Å²) in [6, 6.07) is 1.43. The Kier molecular flexibility index (Phi) is 6.40. The number of amides is 1. The van der Waals surface area contributed by atoms with Crippen LogP contribution < -0.4 is 16.4 Å². The Balaban J connectivity index is 4.02. The summed E-state index contributed by atoms with van der Waals surface area (Å²) in [5.74, 6) is -1.42. The Morgan fingerprint density at radius 1 is 1.62 bits per heavy atom. The van der Waals surface area contributed by atoms with Gasteiger partial charge in [-0.05, 0) is 13.3 Å².